The third kappa shape index (κ3) is 4.58. The highest BCUT2D eigenvalue weighted by atomic mass is 19.1. The molecule has 1 saturated heterocycles. The molecule has 1 aliphatic heterocycles. The highest BCUT2D eigenvalue weighted by Gasteiger charge is 2.36. The zero-order valence-corrected chi connectivity index (χ0v) is 20.9. The lowest BCUT2D eigenvalue weighted by atomic mass is 9.93. The lowest BCUT2D eigenvalue weighted by Gasteiger charge is -2.48. The van der Waals surface area contributed by atoms with E-state index in [1.54, 1.807) is 54.1 Å². The van der Waals surface area contributed by atoms with Crippen LogP contribution in [0.15, 0.2) is 71.5 Å². The summed E-state index contributed by atoms with van der Waals surface area (Å²) in [5, 5.41) is 0. The molecule has 188 valence electrons. The number of hydrogen-bond acceptors (Lipinski definition) is 4. The molecular weight excluding hydrogens is 472 g/mol. The van der Waals surface area contributed by atoms with Crippen LogP contribution in [-0.4, -0.2) is 39.6 Å². The van der Waals surface area contributed by atoms with Gasteiger partial charge in [-0.2, -0.15) is 0 Å². The first-order valence-corrected chi connectivity index (χ1v) is 12.2. The van der Waals surface area contributed by atoms with Gasteiger partial charge in [0.15, 0.2) is 0 Å². The average molecular weight is 500 g/mol. The van der Waals surface area contributed by atoms with E-state index in [1.165, 1.54) is 24.3 Å². The SMILES string of the molecule is [C-]#[N+]c1ccc2c(n1)c(N1C[C@H](C)N(C(c3ccc(F)cc3)c3ccc(F)cc3)C[C@@H]1C)cc(=O)n2C. The highest BCUT2D eigenvalue weighted by molar-refractivity contribution is 5.89. The van der Waals surface area contributed by atoms with Gasteiger partial charge in [-0.15, -0.1) is 4.98 Å². The fourth-order valence-electron chi connectivity index (χ4n) is 5.30. The van der Waals surface area contributed by atoms with Crippen molar-refractivity contribution in [2.75, 3.05) is 18.0 Å². The maximum Gasteiger partial charge on any atom is 0.270 e. The van der Waals surface area contributed by atoms with E-state index >= 15 is 0 Å². The van der Waals surface area contributed by atoms with Crippen molar-refractivity contribution >= 4 is 22.5 Å². The van der Waals surface area contributed by atoms with Crippen LogP contribution in [0.4, 0.5) is 20.3 Å². The molecule has 6 nitrogen and oxygen atoms in total. The van der Waals surface area contributed by atoms with Crippen LogP contribution in [0.5, 0.6) is 0 Å². The number of hydrogen-bond donors (Lipinski definition) is 0. The standard InChI is InChI=1S/C29H27F2N5O/c1-18-17-36(29(20-5-9-22(30)10-6-20)21-7-11-23(31)12-8-21)19(2)16-35(18)25-15-27(37)34(4)24-13-14-26(32-3)33-28(24)25/h5-15,18-19,29H,16-17H2,1-2,4H3/t18-,19-/m0/s1. The number of rotatable bonds is 4. The van der Waals surface area contributed by atoms with Crippen LogP contribution in [-0.2, 0) is 7.05 Å². The number of nitrogens with zero attached hydrogens (tertiary/aromatic N) is 5. The topological polar surface area (TPSA) is 45.7 Å². The predicted octanol–water partition coefficient (Wildman–Crippen LogP) is 5.45. The Labute approximate surface area is 214 Å². The molecule has 0 saturated carbocycles. The second-order valence-corrected chi connectivity index (χ2v) is 9.63. The molecule has 4 aromatic rings. The molecule has 37 heavy (non-hydrogen) atoms. The largest absolute Gasteiger partial charge is 0.362 e. The summed E-state index contributed by atoms with van der Waals surface area (Å²) in [6.45, 7) is 12.8. The average Bonchev–Trinajstić information content (AvgIpc) is 2.90. The first kappa shape index (κ1) is 24.6. The van der Waals surface area contributed by atoms with E-state index in [0.29, 0.717) is 29.8 Å². The van der Waals surface area contributed by atoms with Crippen molar-refractivity contribution < 1.29 is 8.78 Å². The molecule has 0 radical (unpaired) electrons. The quantitative estimate of drug-likeness (QED) is 0.350. The number of aromatic nitrogens is 2. The van der Waals surface area contributed by atoms with Crippen molar-refractivity contribution in [3.63, 3.8) is 0 Å². The maximum atomic E-state index is 13.7. The molecule has 0 unspecified atom stereocenters. The fourth-order valence-corrected chi connectivity index (χ4v) is 5.30. The van der Waals surface area contributed by atoms with E-state index in [0.717, 1.165) is 11.1 Å². The molecule has 3 heterocycles. The molecule has 2 aromatic carbocycles. The number of pyridine rings is 2. The third-order valence-corrected chi connectivity index (χ3v) is 7.22. The highest BCUT2D eigenvalue weighted by Crippen LogP contribution is 2.36. The predicted molar refractivity (Wildman–Crippen MR) is 141 cm³/mol. The Morgan fingerprint density at radius 2 is 1.51 bits per heavy atom. The van der Waals surface area contributed by atoms with Gasteiger partial charge in [0.1, 0.15) is 11.6 Å². The molecule has 0 aliphatic carbocycles. The van der Waals surface area contributed by atoms with Gasteiger partial charge in [-0.05, 0) is 61.4 Å². The Bertz CT molecular complexity index is 1500. The molecule has 2 atom stereocenters. The number of aryl methyl sites for hydroxylation is 1. The van der Waals surface area contributed by atoms with E-state index < -0.39 is 0 Å². The van der Waals surface area contributed by atoms with Gasteiger partial charge in [-0.3, -0.25) is 9.69 Å². The summed E-state index contributed by atoms with van der Waals surface area (Å²) in [6.07, 6.45) is 0. The molecule has 1 fully saturated rings. The maximum absolute atomic E-state index is 13.7. The minimum Gasteiger partial charge on any atom is -0.362 e. The van der Waals surface area contributed by atoms with E-state index in [-0.39, 0.29) is 41.1 Å². The minimum absolute atomic E-state index is 0.00620. The lowest BCUT2D eigenvalue weighted by molar-refractivity contribution is 0.130. The Morgan fingerprint density at radius 1 is 0.919 bits per heavy atom. The second kappa shape index (κ2) is 9.75. The second-order valence-electron chi connectivity index (χ2n) is 9.63. The summed E-state index contributed by atoms with van der Waals surface area (Å²) in [4.78, 5) is 25.4. The smallest absolute Gasteiger partial charge is 0.270 e. The van der Waals surface area contributed by atoms with Crippen LogP contribution in [0.2, 0.25) is 0 Å². The van der Waals surface area contributed by atoms with Crippen LogP contribution in [0.25, 0.3) is 15.9 Å². The van der Waals surface area contributed by atoms with E-state index in [4.69, 9.17) is 6.57 Å². The van der Waals surface area contributed by atoms with Gasteiger partial charge in [0, 0.05) is 38.3 Å². The summed E-state index contributed by atoms with van der Waals surface area (Å²) in [7, 11) is 1.70. The summed E-state index contributed by atoms with van der Waals surface area (Å²) >= 11 is 0. The van der Waals surface area contributed by atoms with Gasteiger partial charge in [0.05, 0.1) is 17.2 Å². The van der Waals surface area contributed by atoms with Crippen molar-refractivity contribution in [3.8, 4) is 0 Å². The van der Waals surface area contributed by atoms with Crippen molar-refractivity contribution in [2.24, 2.45) is 7.05 Å². The van der Waals surface area contributed by atoms with Crippen molar-refractivity contribution in [1.82, 2.24) is 14.5 Å². The van der Waals surface area contributed by atoms with E-state index in [9.17, 15) is 13.6 Å². The molecule has 0 N–H and O–H groups in total. The Hall–Kier alpha value is -4.09. The van der Waals surface area contributed by atoms with Gasteiger partial charge in [0.25, 0.3) is 11.4 Å². The molecule has 0 amide bonds. The fraction of sp³-hybridized carbons (Fsp3) is 0.276. The zero-order valence-electron chi connectivity index (χ0n) is 20.9. The summed E-state index contributed by atoms with van der Waals surface area (Å²) < 4.78 is 29.0. The molecule has 2 aromatic heterocycles. The number of fused-ring (bicyclic) bond motifs is 1. The van der Waals surface area contributed by atoms with Gasteiger partial charge < -0.3 is 14.3 Å². The van der Waals surface area contributed by atoms with Crippen LogP contribution in [0, 0.1) is 18.2 Å². The zero-order chi connectivity index (χ0) is 26.3. The summed E-state index contributed by atoms with van der Waals surface area (Å²) in [5.41, 5.74) is 3.70. The van der Waals surface area contributed by atoms with Crippen LogP contribution in [0.3, 0.4) is 0 Å². The number of benzene rings is 2. The molecule has 8 heteroatoms. The van der Waals surface area contributed by atoms with Crippen molar-refractivity contribution in [2.45, 2.75) is 32.0 Å². The van der Waals surface area contributed by atoms with Gasteiger partial charge in [-0.1, -0.05) is 30.8 Å². The Balaban J connectivity index is 1.55. The minimum atomic E-state index is -0.309. The monoisotopic (exact) mass is 499 g/mol. The number of halogens is 2. The summed E-state index contributed by atoms with van der Waals surface area (Å²) in [6, 6.07) is 17.7. The van der Waals surface area contributed by atoms with Gasteiger partial charge >= 0.3 is 0 Å². The van der Waals surface area contributed by atoms with Crippen molar-refractivity contribution in [3.05, 3.63) is 111 Å². The normalized spacial score (nSPS) is 18.4. The van der Waals surface area contributed by atoms with Gasteiger partial charge in [-0.25, -0.2) is 8.78 Å². The molecule has 5 rings (SSSR count). The Morgan fingerprint density at radius 3 is 2.08 bits per heavy atom. The van der Waals surface area contributed by atoms with Crippen LogP contribution >= 0.6 is 0 Å². The van der Waals surface area contributed by atoms with E-state index in [2.05, 4.69) is 33.5 Å². The molecular formula is C29H27F2N5O. The molecule has 0 spiro atoms. The number of piperazine rings is 1. The van der Waals surface area contributed by atoms with Gasteiger partial charge in [0.2, 0.25) is 5.52 Å². The first-order chi connectivity index (χ1) is 17.8. The molecule has 0 bridgehead atoms. The third-order valence-electron chi connectivity index (χ3n) is 7.22. The van der Waals surface area contributed by atoms with E-state index in [1.807, 2.05) is 0 Å². The lowest BCUT2D eigenvalue weighted by Crippen LogP contribution is -2.57. The van der Waals surface area contributed by atoms with Crippen molar-refractivity contribution in [1.29, 1.82) is 0 Å². The first-order valence-electron chi connectivity index (χ1n) is 12.2. The van der Waals surface area contributed by atoms with Crippen LogP contribution in [0.1, 0.15) is 31.0 Å². The Kier molecular flexibility index (Phi) is 6.48. The molecule has 1 aliphatic rings. The number of anilines is 1. The summed E-state index contributed by atoms with van der Waals surface area (Å²) in [5.74, 6) is -0.340. The van der Waals surface area contributed by atoms with Crippen LogP contribution < -0.4 is 10.5 Å².